The zero-order valence-corrected chi connectivity index (χ0v) is 17.6. The third-order valence-corrected chi connectivity index (χ3v) is 6.49. The molecule has 1 fully saturated rings. The van der Waals surface area contributed by atoms with Crippen molar-refractivity contribution in [2.24, 2.45) is 5.14 Å². The fourth-order valence-corrected chi connectivity index (χ4v) is 4.48. The molecule has 2 aromatic heterocycles. The first-order chi connectivity index (χ1) is 14.6. The van der Waals surface area contributed by atoms with Crippen LogP contribution in [0.2, 0.25) is 0 Å². The first-order valence-electron chi connectivity index (χ1n) is 9.61. The molecule has 2 atom stereocenters. The molecule has 0 radical (unpaired) electrons. The Bertz CT molecular complexity index is 1370. The van der Waals surface area contributed by atoms with Gasteiger partial charge in [-0.2, -0.15) is 4.98 Å². The Hall–Kier alpha value is -3.26. The molecule has 0 amide bonds. The van der Waals surface area contributed by atoms with E-state index in [1.54, 1.807) is 19.2 Å². The molecule has 1 saturated carbocycles. The number of pyridine rings is 1. The standard InChI is InChI=1S/C21H21N5O4S/c1-3-13-11-14-12-23-20(24-15-6-8-16(9-7-15)31(22,29)30)25-18(14)26(19(13)27)17-5-4-10-21(17,2)28/h1,6-9,11-12,17,28H,4-5,10H2,2H3,(H2,22,29,30)(H,23,24,25)/t17-,21-/m1/s1. The number of nitrogens with two attached hydrogens (primary N) is 1. The van der Waals surface area contributed by atoms with Crippen LogP contribution in [-0.2, 0) is 10.0 Å². The molecule has 0 bridgehead atoms. The fraction of sp³-hybridized carbons (Fsp3) is 0.286. The molecule has 1 aromatic carbocycles. The minimum absolute atomic E-state index is 0.0170. The average molecular weight is 439 g/mol. The number of sulfonamides is 1. The number of nitrogens with one attached hydrogen (secondary N) is 1. The highest BCUT2D eigenvalue weighted by atomic mass is 32.2. The zero-order chi connectivity index (χ0) is 22.4. The molecule has 1 aliphatic carbocycles. The summed E-state index contributed by atoms with van der Waals surface area (Å²) in [4.78, 5) is 21.8. The topological polar surface area (TPSA) is 140 Å². The fourth-order valence-electron chi connectivity index (χ4n) is 3.97. The molecule has 2 heterocycles. The van der Waals surface area contributed by atoms with E-state index in [2.05, 4.69) is 21.2 Å². The lowest BCUT2D eigenvalue weighted by atomic mass is 9.99. The molecule has 0 unspecified atom stereocenters. The van der Waals surface area contributed by atoms with E-state index in [-0.39, 0.29) is 22.0 Å². The molecule has 0 aliphatic heterocycles. The summed E-state index contributed by atoms with van der Waals surface area (Å²) >= 11 is 0. The van der Waals surface area contributed by atoms with Gasteiger partial charge in [-0.15, -0.1) is 6.42 Å². The van der Waals surface area contributed by atoms with Crippen LogP contribution in [0.3, 0.4) is 0 Å². The number of benzene rings is 1. The number of aromatic nitrogens is 3. The van der Waals surface area contributed by atoms with Crippen molar-refractivity contribution in [1.82, 2.24) is 14.5 Å². The van der Waals surface area contributed by atoms with Crippen LogP contribution in [0.4, 0.5) is 11.6 Å². The second-order valence-electron chi connectivity index (χ2n) is 7.81. The molecule has 10 heteroatoms. The van der Waals surface area contributed by atoms with Gasteiger partial charge in [0.15, 0.2) is 0 Å². The van der Waals surface area contributed by atoms with Crippen molar-refractivity contribution in [2.75, 3.05) is 5.32 Å². The number of primary sulfonamides is 1. The van der Waals surface area contributed by atoms with Gasteiger partial charge in [0, 0.05) is 17.3 Å². The second kappa shape index (κ2) is 7.46. The maximum absolute atomic E-state index is 13.0. The summed E-state index contributed by atoms with van der Waals surface area (Å²) in [6.45, 7) is 1.71. The summed E-state index contributed by atoms with van der Waals surface area (Å²) in [6.07, 6.45) is 9.03. The quantitative estimate of drug-likeness (QED) is 0.525. The predicted octanol–water partition coefficient (Wildman–Crippen LogP) is 1.64. The molecule has 9 nitrogen and oxygen atoms in total. The number of aliphatic hydroxyl groups is 1. The van der Waals surface area contributed by atoms with Gasteiger partial charge in [-0.25, -0.2) is 18.5 Å². The van der Waals surface area contributed by atoms with Gasteiger partial charge in [-0.1, -0.05) is 5.92 Å². The van der Waals surface area contributed by atoms with Crippen LogP contribution < -0.4 is 16.0 Å². The maximum atomic E-state index is 13.0. The van der Waals surface area contributed by atoms with Gasteiger partial charge < -0.3 is 10.4 Å². The van der Waals surface area contributed by atoms with E-state index in [9.17, 15) is 18.3 Å². The number of hydrogen-bond acceptors (Lipinski definition) is 7. The van der Waals surface area contributed by atoms with Crippen molar-refractivity contribution >= 4 is 32.7 Å². The minimum Gasteiger partial charge on any atom is -0.388 e. The van der Waals surface area contributed by atoms with Crippen LogP contribution in [0.15, 0.2) is 46.2 Å². The highest BCUT2D eigenvalue weighted by molar-refractivity contribution is 7.89. The van der Waals surface area contributed by atoms with Gasteiger partial charge >= 0.3 is 0 Å². The molecule has 4 rings (SSSR count). The smallest absolute Gasteiger partial charge is 0.268 e. The van der Waals surface area contributed by atoms with E-state index < -0.39 is 21.7 Å². The lowest BCUT2D eigenvalue weighted by molar-refractivity contribution is 0.0266. The van der Waals surface area contributed by atoms with Crippen molar-refractivity contribution in [3.63, 3.8) is 0 Å². The highest BCUT2D eigenvalue weighted by Gasteiger charge is 2.39. The maximum Gasteiger partial charge on any atom is 0.268 e. The van der Waals surface area contributed by atoms with Crippen LogP contribution in [-0.4, -0.2) is 33.7 Å². The number of nitrogens with zero attached hydrogens (tertiary/aromatic N) is 3. The Labute approximate surface area is 179 Å². The monoisotopic (exact) mass is 439 g/mol. The normalized spacial score (nSPS) is 21.2. The Balaban J connectivity index is 1.81. The number of hydrogen-bond donors (Lipinski definition) is 3. The molecule has 4 N–H and O–H groups in total. The second-order valence-corrected chi connectivity index (χ2v) is 9.37. The summed E-state index contributed by atoms with van der Waals surface area (Å²) in [5, 5.41) is 19.5. The zero-order valence-electron chi connectivity index (χ0n) is 16.7. The lowest BCUT2D eigenvalue weighted by Crippen LogP contribution is -2.38. The first kappa shape index (κ1) is 21.0. The summed E-state index contributed by atoms with van der Waals surface area (Å²) in [7, 11) is -3.80. The molecule has 0 saturated heterocycles. The van der Waals surface area contributed by atoms with Crippen molar-refractivity contribution in [3.05, 3.63) is 52.4 Å². The Morgan fingerprint density at radius 3 is 2.65 bits per heavy atom. The molecule has 31 heavy (non-hydrogen) atoms. The van der Waals surface area contributed by atoms with Gasteiger partial charge in [0.2, 0.25) is 16.0 Å². The Morgan fingerprint density at radius 2 is 2.06 bits per heavy atom. The molecule has 1 aliphatic rings. The largest absolute Gasteiger partial charge is 0.388 e. The van der Waals surface area contributed by atoms with Crippen LogP contribution in [0.5, 0.6) is 0 Å². The minimum atomic E-state index is -3.80. The van der Waals surface area contributed by atoms with Crippen molar-refractivity contribution in [2.45, 2.75) is 42.7 Å². The predicted molar refractivity (Wildman–Crippen MR) is 116 cm³/mol. The molecule has 0 spiro atoms. The van der Waals surface area contributed by atoms with E-state index in [0.29, 0.717) is 29.6 Å². The van der Waals surface area contributed by atoms with E-state index >= 15 is 0 Å². The van der Waals surface area contributed by atoms with E-state index in [0.717, 1.165) is 6.42 Å². The van der Waals surface area contributed by atoms with Gasteiger partial charge in [0.25, 0.3) is 5.56 Å². The molecule has 160 valence electrons. The Morgan fingerprint density at radius 1 is 1.35 bits per heavy atom. The van der Waals surface area contributed by atoms with Crippen LogP contribution in [0, 0.1) is 12.3 Å². The summed E-state index contributed by atoms with van der Waals surface area (Å²) in [5.74, 6) is 2.61. The molecular formula is C21H21N5O4S. The van der Waals surface area contributed by atoms with Gasteiger partial charge in [-0.3, -0.25) is 9.36 Å². The number of anilines is 2. The highest BCUT2D eigenvalue weighted by Crippen LogP contribution is 2.39. The van der Waals surface area contributed by atoms with Crippen molar-refractivity contribution < 1.29 is 13.5 Å². The van der Waals surface area contributed by atoms with Crippen molar-refractivity contribution in [1.29, 1.82) is 0 Å². The summed E-state index contributed by atoms with van der Waals surface area (Å²) < 4.78 is 24.3. The third-order valence-electron chi connectivity index (χ3n) is 5.56. The SMILES string of the molecule is C#Cc1cc2cnc(Nc3ccc(S(N)(=O)=O)cc3)nc2n([C@@H]2CCC[C@@]2(C)O)c1=O. The van der Waals surface area contributed by atoms with Crippen LogP contribution in [0.25, 0.3) is 11.0 Å². The van der Waals surface area contributed by atoms with E-state index in [1.165, 1.54) is 28.8 Å². The van der Waals surface area contributed by atoms with E-state index in [1.807, 2.05) is 0 Å². The van der Waals surface area contributed by atoms with Gasteiger partial charge in [0.1, 0.15) is 5.65 Å². The molecular weight excluding hydrogens is 418 g/mol. The van der Waals surface area contributed by atoms with Crippen LogP contribution in [0.1, 0.15) is 37.8 Å². The van der Waals surface area contributed by atoms with Crippen LogP contribution >= 0.6 is 0 Å². The molecule has 3 aromatic rings. The Kier molecular flexibility index (Phi) is 5.05. The summed E-state index contributed by atoms with van der Waals surface area (Å²) in [5.41, 5.74) is -0.377. The van der Waals surface area contributed by atoms with E-state index in [4.69, 9.17) is 11.6 Å². The average Bonchev–Trinajstić information content (AvgIpc) is 3.06. The number of rotatable bonds is 4. The van der Waals surface area contributed by atoms with Gasteiger partial charge in [-0.05, 0) is 56.5 Å². The van der Waals surface area contributed by atoms with Gasteiger partial charge in [0.05, 0.1) is 22.1 Å². The first-order valence-corrected chi connectivity index (χ1v) is 11.2. The third kappa shape index (κ3) is 3.90. The lowest BCUT2D eigenvalue weighted by Gasteiger charge is -2.28. The van der Waals surface area contributed by atoms with Crippen molar-refractivity contribution in [3.8, 4) is 12.3 Å². The number of fused-ring (bicyclic) bond motifs is 1. The number of terminal acetylenes is 1. The summed E-state index contributed by atoms with van der Waals surface area (Å²) in [6, 6.07) is 6.88.